The first-order valence-corrected chi connectivity index (χ1v) is 13.1. The average Bonchev–Trinajstić information content (AvgIpc) is 3.23. The Morgan fingerprint density at radius 3 is 2.49 bits per heavy atom. The van der Waals surface area contributed by atoms with Gasteiger partial charge in [-0.15, -0.1) is 0 Å². The number of halogens is 1. The number of pyridine rings is 1. The molecule has 9 heteroatoms. The summed E-state index contributed by atoms with van der Waals surface area (Å²) >= 11 is 0. The van der Waals surface area contributed by atoms with Crippen LogP contribution in [0.4, 0.5) is 16.2 Å². The number of hydrogen-bond donors (Lipinski definition) is 1. The lowest BCUT2D eigenvalue weighted by molar-refractivity contribution is 0.127. The Hall–Kier alpha value is -3.43. The van der Waals surface area contributed by atoms with Gasteiger partial charge in [0.05, 0.1) is 11.7 Å². The third-order valence-corrected chi connectivity index (χ3v) is 6.92. The van der Waals surface area contributed by atoms with Crippen molar-refractivity contribution in [1.29, 1.82) is 0 Å². The number of hydrogen-bond acceptors (Lipinski definition) is 7. The molecule has 1 aromatic carbocycles. The largest absolute Gasteiger partial charge is 0.309 e. The van der Waals surface area contributed by atoms with E-state index < -0.39 is 5.82 Å². The van der Waals surface area contributed by atoms with Crippen molar-refractivity contribution in [2.45, 2.75) is 39.7 Å². The molecule has 0 spiro atoms. The van der Waals surface area contributed by atoms with Gasteiger partial charge in [-0.3, -0.25) is 9.58 Å². The minimum absolute atomic E-state index is 0.247. The molecule has 1 saturated heterocycles. The van der Waals surface area contributed by atoms with E-state index in [0.29, 0.717) is 17.3 Å². The van der Waals surface area contributed by atoms with Crippen molar-refractivity contribution in [3.63, 3.8) is 0 Å². The van der Waals surface area contributed by atoms with Crippen LogP contribution in [-0.2, 0) is 13.6 Å². The molecular weight excluding hydrogens is 467 g/mol. The molecule has 5 rings (SSSR count). The van der Waals surface area contributed by atoms with Gasteiger partial charge in [-0.2, -0.15) is 5.10 Å². The van der Waals surface area contributed by atoms with E-state index in [2.05, 4.69) is 62.0 Å². The SMILES string of the molecule is CCCN1CCN(Cc2ccc(Nc3ncc(F)c(-c4ccc5nn(C)c(C(C)C)c5c4)n3)nc2)CC1. The van der Waals surface area contributed by atoms with Gasteiger partial charge in [-0.05, 0) is 42.6 Å². The number of benzene rings is 1. The van der Waals surface area contributed by atoms with Crippen LogP contribution in [-0.4, -0.2) is 67.3 Å². The zero-order chi connectivity index (χ0) is 25.9. The van der Waals surface area contributed by atoms with Gasteiger partial charge in [0.15, 0.2) is 5.82 Å². The lowest BCUT2D eigenvalue weighted by atomic mass is 10.0. The van der Waals surface area contributed by atoms with Crippen molar-refractivity contribution in [2.75, 3.05) is 38.0 Å². The molecule has 194 valence electrons. The van der Waals surface area contributed by atoms with Crippen LogP contribution >= 0.6 is 0 Å². The maximum atomic E-state index is 14.8. The van der Waals surface area contributed by atoms with Gasteiger partial charge < -0.3 is 10.2 Å². The molecule has 0 saturated carbocycles. The molecular formula is C28H35FN8. The quantitative estimate of drug-likeness (QED) is 0.365. The fraction of sp³-hybridized carbons (Fsp3) is 0.429. The highest BCUT2D eigenvalue weighted by molar-refractivity contribution is 5.86. The highest BCUT2D eigenvalue weighted by Crippen LogP contribution is 2.30. The van der Waals surface area contributed by atoms with Crippen LogP contribution in [0.25, 0.3) is 22.2 Å². The third-order valence-electron chi connectivity index (χ3n) is 6.92. The number of nitrogens with zero attached hydrogens (tertiary/aromatic N) is 7. The van der Waals surface area contributed by atoms with Gasteiger partial charge >= 0.3 is 0 Å². The topological polar surface area (TPSA) is 75.0 Å². The van der Waals surface area contributed by atoms with Crippen molar-refractivity contribution in [3.8, 4) is 11.3 Å². The minimum atomic E-state index is -0.470. The molecule has 0 radical (unpaired) electrons. The van der Waals surface area contributed by atoms with Crippen LogP contribution in [0.15, 0.2) is 42.7 Å². The second-order valence-electron chi connectivity index (χ2n) is 10.1. The Kier molecular flexibility index (Phi) is 7.43. The summed E-state index contributed by atoms with van der Waals surface area (Å²) in [7, 11) is 1.94. The smallest absolute Gasteiger partial charge is 0.229 e. The van der Waals surface area contributed by atoms with Crippen LogP contribution in [0.3, 0.4) is 0 Å². The summed E-state index contributed by atoms with van der Waals surface area (Å²) < 4.78 is 16.7. The van der Waals surface area contributed by atoms with Crippen molar-refractivity contribution < 1.29 is 4.39 Å². The van der Waals surface area contributed by atoms with Crippen LogP contribution < -0.4 is 5.32 Å². The van der Waals surface area contributed by atoms with E-state index >= 15 is 0 Å². The molecule has 4 heterocycles. The van der Waals surface area contributed by atoms with Crippen LogP contribution in [0.5, 0.6) is 0 Å². The summed E-state index contributed by atoms with van der Waals surface area (Å²) in [6, 6.07) is 9.72. The molecule has 0 atom stereocenters. The van der Waals surface area contributed by atoms with Crippen molar-refractivity contribution in [1.82, 2.24) is 34.5 Å². The fourth-order valence-corrected chi connectivity index (χ4v) is 5.13. The molecule has 1 aliphatic rings. The molecule has 8 nitrogen and oxygen atoms in total. The van der Waals surface area contributed by atoms with Gasteiger partial charge in [-0.1, -0.05) is 32.9 Å². The van der Waals surface area contributed by atoms with E-state index in [-0.39, 0.29) is 11.6 Å². The molecule has 0 bridgehead atoms. The normalized spacial score (nSPS) is 15.1. The molecule has 1 fully saturated rings. The lowest BCUT2D eigenvalue weighted by Crippen LogP contribution is -2.45. The average molecular weight is 503 g/mol. The first-order valence-electron chi connectivity index (χ1n) is 13.1. The van der Waals surface area contributed by atoms with Gasteiger partial charge in [0.25, 0.3) is 0 Å². The zero-order valence-corrected chi connectivity index (χ0v) is 22.1. The summed E-state index contributed by atoms with van der Waals surface area (Å²) in [5, 5.41) is 8.72. The van der Waals surface area contributed by atoms with E-state index in [1.165, 1.54) is 24.7 Å². The van der Waals surface area contributed by atoms with E-state index in [0.717, 1.165) is 49.3 Å². The van der Waals surface area contributed by atoms with Crippen LogP contribution in [0.1, 0.15) is 44.4 Å². The molecule has 37 heavy (non-hydrogen) atoms. The molecule has 4 aromatic rings. The van der Waals surface area contributed by atoms with E-state index in [1.807, 2.05) is 42.2 Å². The van der Waals surface area contributed by atoms with Crippen LogP contribution in [0, 0.1) is 5.82 Å². The van der Waals surface area contributed by atoms with E-state index in [4.69, 9.17) is 0 Å². The number of rotatable bonds is 8. The number of anilines is 2. The maximum Gasteiger partial charge on any atom is 0.229 e. The first kappa shape index (κ1) is 25.2. The maximum absolute atomic E-state index is 14.8. The van der Waals surface area contributed by atoms with Crippen LogP contribution in [0.2, 0.25) is 0 Å². The number of fused-ring (bicyclic) bond motifs is 1. The molecule has 0 unspecified atom stereocenters. The number of nitrogens with one attached hydrogen (secondary N) is 1. The summed E-state index contributed by atoms with van der Waals surface area (Å²) in [4.78, 5) is 18.2. The van der Waals surface area contributed by atoms with Crippen molar-refractivity contribution in [3.05, 3.63) is 59.8 Å². The Labute approximate surface area is 217 Å². The Balaban J connectivity index is 1.29. The van der Waals surface area contributed by atoms with Gasteiger partial charge in [0.1, 0.15) is 11.5 Å². The summed E-state index contributed by atoms with van der Waals surface area (Å²) in [6.07, 6.45) is 4.29. The fourth-order valence-electron chi connectivity index (χ4n) is 5.13. The Morgan fingerprint density at radius 1 is 1.00 bits per heavy atom. The zero-order valence-electron chi connectivity index (χ0n) is 22.1. The molecule has 1 aliphatic heterocycles. The Morgan fingerprint density at radius 2 is 1.78 bits per heavy atom. The molecule has 1 N–H and O–H groups in total. The standard InChI is InChI=1S/C28H35FN8/c1-5-10-36-11-13-37(14-12-36)18-20-6-9-25(30-16-20)32-28-31-17-23(29)26(33-28)21-7-8-24-22(15-21)27(19(2)3)35(4)34-24/h6-9,15-17,19H,5,10-14,18H2,1-4H3,(H,30,31,32,33). The molecule has 0 amide bonds. The predicted molar refractivity (Wildman–Crippen MR) is 145 cm³/mol. The summed E-state index contributed by atoms with van der Waals surface area (Å²) in [5.74, 6) is 0.748. The highest BCUT2D eigenvalue weighted by Gasteiger charge is 2.18. The second kappa shape index (κ2) is 10.9. The van der Waals surface area contributed by atoms with Gasteiger partial charge in [0.2, 0.25) is 5.95 Å². The number of aromatic nitrogens is 5. The third kappa shape index (κ3) is 5.62. The second-order valence-corrected chi connectivity index (χ2v) is 10.1. The number of piperazine rings is 1. The van der Waals surface area contributed by atoms with E-state index in [1.54, 1.807) is 0 Å². The molecule has 3 aromatic heterocycles. The van der Waals surface area contributed by atoms with Crippen molar-refractivity contribution >= 4 is 22.7 Å². The Bertz CT molecular complexity index is 1360. The summed E-state index contributed by atoms with van der Waals surface area (Å²) in [5.41, 5.74) is 4.09. The first-order chi connectivity index (χ1) is 17.9. The van der Waals surface area contributed by atoms with E-state index in [9.17, 15) is 4.39 Å². The highest BCUT2D eigenvalue weighted by atomic mass is 19.1. The van der Waals surface area contributed by atoms with Crippen molar-refractivity contribution in [2.24, 2.45) is 7.05 Å². The monoisotopic (exact) mass is 502 g/mol. The lowest BCUT2D eigenvalue weighted by Gasteiger charge is -2.34. The number of aryl methyl sites for hydroxylation is 1. The summed E-state index contributed by atoms with van der Waals surface area (Å²) in [6.45, 7) is 13.0. The predicted octanol–water partition coefficient (Wildman–Crippen LogP) is 4.96. The minimum Gasteiger partial charge on any atom is -0.309 e. The molecule has 0 aliphatic carbocycles. The van der Waals surface area contributed by atoms with Gasteiger partial charge in [0, 0.05) is 62.6 Å². The van der Waals surface area contributed by atoms with Gasteiger partial charge in [-0.25, -0.2) is 19.3 Å².